The summed E-state index contributed by atoms with van der Waals surface area (Å²) in [7, 11) is 4.02. The fourth-order valence-electron chi connectivity index (χ4n) is 1.98. The summed E-state index contributed by atoms with van der Waals surface area (Å²) < 4.78 is 2.02. The van der Waals surface area contributed by atoms with Crippen molar-refractivity contribution in [2.24, 2.45) is 17.9 Å². The first kappa shape index (κ1) is 13.9. The predicted molar refractivity (Wildman–Crippen MR) is 79.1 cm³/mol. The fourth-order valence-corrected chi connectivity index (χ4v) is 1.98. The number of aromatic nitrogens is 2. The Morgan fingerprint density at radius 3 is 2.65 bits per heavy atom. The molecule has 1 heterocycles. The van der Waals surface area contributed by atoms with Gasteiger partial charge in [0.25, 0.3) is 0 Å². The third-order valence-electron chi connectivity index (χ3n) is 3.30. The third-order valence-corrected chi connectivity index (χ3v) is 3.30. The number of rotatable bonds is 5. The number of imidazole rings is 1. The van der Waals surface area contributed by atoms with E-state index in [9.17, 15) is 0 Å². The van der Waals surface area contributed by atoms with E-state index in [-0.39, 0.29) is 5.84 Å². The lowest BCUT2D eigenvalue weighted by atomic mass is 10.2. The molecule has 6 heteroatoms. The first-order valence-corrected chi connectivity index (χ1v) is 6.37. The number of amidine groups is 1. The molecule has 0 aliphatic rings. The highest BCUT2D eigenvalue weighted by atomic mass is 16.4. The second-order valence-corrected chi connectivity index (χ2v) is 4.66. The Kier molecular flexibility index (Phi) is 4.24. The average molecular weight is 273 g/mol. The van der Waals surface area contributed by atoms with Gasteiger partial charge in [-0.15, -0.1) is 0 Å². The lowest BCUT2D eigenvalue weighted by Gasteiger charge is -2.19. The molecule has 0 atom stereocenters. The van der Waals surface area contributed by atoms with E-state index in [4.69, 9.17) is 10.9 Å². The van der Waals surface area contributed by atoms with E-state index >= 15 is 0 Å². The molecule has 0 saturated heterocycles. The number of hydrogen-bond donors (Lipinski definition) is 2. The van der Waals surface area contributed by atoms with Crippen molar-refractivity contribution >= 4 is 11.5 Å². The zero-order chi connectivity index (χ0) is 14.5. The molecule has 0 fully saturated rings. The van der Waals surface area contributed by atoms with E-state index < -0.39 is 0 Å². The van der Waals surface area contributed by atoms with Crippen LogP contribution in [0.25, 0.3) is 0 Å². The van der Waals surface area contributed by atoms with E-state index in [0.717, 1.165) is 24.5 Å². The standard InChI is InChI=1S/C14H19N5O/c1-18(9-7-13-16-8-10-19(13)2)12-5-3-11(4-6-12)14(15)17-20/h3-6,8,10,20H,7,9H2,1-2H3,(H2,15,17). The van der Waals surface area contributed by atoms with Crippen LogP contribution in [0.4, 0.5) is 5.69 Å². The van der Waals surface area contributed by atoms with Crippen LogP contribution in [-0.4, -0.2) is 34.2 Å². The van der Waals surface area contributed by atoms with Gasteiger partial charge < -0.3 is 20.4 Å². The van der Waals surface area contributed by atoms with Crippen LogP contribution in [0.2, 0.25) is 0 Å². The average Bonchev–Trinajstić information content (AvgIpc) is 2.89. The molecule has 0 aliphatic carbocycles. The number of likely N-dealkylation sites (N-methyl/N-ethyl adjacent to an activating group) is 1. The third kappa shape index (κ3) is 3.09. The van der Waals surface area contributed by atoms with Crippen LogP contribution < -0.4 is 10.6 Å². The molecule has 0 bridgehead atoms. The van der Waals surface area contributed by atoms with Crippen molar-refractivity contribution in [2.75, 3.05) is 18.5 Å². The smallest absolute Gasteiger partial charge is 0.170 e. The van der Waals surface area contributed by atoms with Crippen LogP contribution in [0.1, 0.15) is 11.4 Å². The summed E-state index contributed by atoms with van der Waals surface area (Å²) in [6.07, 6.45) is 4.63. The number of oxime groups is 1. The molecule has 1 aromatic carbocycles. The van der Waals surface area contributed by atoms with Crippen molar-refractivity contribution < 1.29 is 5.21 Å². The Morgan fingerprint density at radius 1 is 1.40 bits per heavy atom. The largest absolute Gasteiger partial charge is 0.409 e. The summed E-state index contributed by atoms with van der Waals surface area (Å²) in [5, 5.41) is 11.6. The van der Waals surface area contributed by atoms with Crippen LogP contribution in [0, 0.1) is 0 Å². The van der Waals surface area contributed by atoms with E-state index in [0.29, 0.717) is 5.56 Å². The predicted octanol–water partition coefficient (Wildman–Crippen LogP) is 1.19. The van der Waals surface area contributed by atoms with E-state index in [1.807, 2.05) is 49.1 Å². The van der Waals surface area contributed by atoms with Crippen LogP contribution in [0.15, 0.2) is 41.8 Å². The first-order chi connectivity index (χ1) is 9.61. The normalized spacial score (nSPS) is 11.6. The second kappa shape index (κ2) is 6.10. The van der Waals surface area contributed by atoms with Crippen molar-refractivity contribution in [2.45, 2.75) is 6.42 Å². The van der Waals surface area contributed by atoms with E-state index in [2.05, 4.69) is 15.0 Å². The van der Waals surface area contributed by atoms with Crippen LogP contribution in [-0.2, 0) is 13.5 Å². The van der Waals surface area contributed by atoms with Gasteiger partial charge in [-0.1, -0.05) is 5.16 Å². The molecule has 0 amide bonds. The van der Waals surface area contributed by atoms with Gasteiger partial charge >= 0.3 is 0 Å². The second-order valence-electron chi connectivity index (χ2n) is 4.66. The number of nitrogens with two attached hydrogens (primary N) is 1. The Morgan fingerprint density at radius 2 is 2.10 bits per heavy atom. The zero-order valence-electron chi connectivity index (χ0n) is 11.7. The maximum atomic E-state index is 8.63. The first-order valence-electron chi connectivity index (χ1n) is 6.37. The molecule has 3 N–H and O–H groups in total. The molecule has 20 heavy (non-hydrogen) atoms. The maximum Gasteiger partial charge on any atom is 0.170 e. The van der Waals surface area contributed by atoms with Gasteiger partial charge in [0.15, 0.2) is 5.84 Å². The highest BCUT2D eigenvalue weighted by Crippen LogP contribution is 2.14. The number of hydrogen-bond acceptors (Lipinski definition) is 4. The van der Waals surface area contributed by atoms with Crippen molar-refractivity contribution in [3.8, 4) is 0 Å². The van der Waals surface area contributed by atoms with Gasteiger partial charge in [0.1, 0.15) is 5.82 Å². The summed E-state index contributed by atoms with van der Waals surface area (Å²) >= 11 is 0. The molecular formula is C14H19N5O. The topological polar surface area (TPSA) is 79.7 Å². The van der Waals surface area contributed by atoms with Gasteiger partial charge in [-0.2, -0.15) is 0 Å². The monoisotopic (exact) mass is 273 g/mol. The van der Waals surface area contributed by atoms with Gasteiger partial charge in [-0.05, 0) is 24.3 Å². The minimum Gasteiger partial charge on any atom is -0.409 e. The number of benzene rings is 1. The molecule has 0 spiro atoms. The molecule has 0 radical (unpaired) electrons. The van der Waals surface area contributed by atoms with Gasteiger partial charge in [-0.25, -0.2) is 4.98 Å². The fraction of sp³-hybridized carbons (Fsp3) is 0.286. The summed E-state index contributed by atoms with van der Waals surface area (Å²) in [6.45, 7) is 0.869. The molecule has 2 aromatic rings. The Balaban J connectivity index is 1.99. The van der Waals surface area contributed by atoms with Gasteiger partial charge in [0, 0.05) is 50.7 Å². The quantitative estimate of drug-likeness (QED) is 0.371. The van der Waals surface area contributed by atoms with Gasteiger partial charge in [0.05, 0.1) is 0 Å². The number of anilines is 1. The minimum atomic E-state index is 0.118. The van der Waals surface area contributed by atoms with Crippen molar-refractivity contribution in [3.05, 3.63) is 48.0 Å². The maximum absolute atomic E-state index is 8.63. The minimum absolute atomic E-state index is 0.118. The zero-order valence-corrected chi connectivity index (χ0v) is 11.7. The van der Waals surface area contributed by atoms with Gasteiger partial charge in [0.2, 0.25) is 0 Å². The van der Waals surface area contributed by atoms with Crippen molar-refractivity contribution in [1.29, 1.82) is 0 Å². The SMILES string of the molecule is CN(CCc1nccn1C)c1ccc(/C(N)=N/O)cc1. The van der Waals surface area contributed by atoms with Gasteiger partial charge in [-0.3, -0.25) is 0 Å². The summed E-state index contributed by atoms with van der Waals surface area (Å²) in [5.74, 6) is 1.18. The molecular weight excluding hydrogens is 254 g/mol. The number of aryl methyl sites for hydroxylation is 1. The molecule has 2 rings (SSSR count). The van der Waals surface area contributed by atoms with Crippen molar-refractivity contribution in [1.82, 2.24) is 9.55 Å². The Bertz CT molecular complexity index is 588. The highest BCUT2D eigenvalue weighted by Gasteiger charge is 2.05. The summed E-state index contributed by atoms with van der Waals surface area (Å²) in [5.41, 5.74) is 7.32. The number of nitrogens with zero attached hydrogens (tertiary/aromatic N) is 4. The lowest BCUT2D eigenvalue weighted by Crippen LogP contribution is -2.21. The molecule has 1 aromatic heterocycles. The van der Waals surface area contributed by atoms with Crippen LogP contribution in [0.3, 0.4) is 0 Å². The Hall–Kier alpha value is -2.50. The van der Waals surface area contributed by atoms with Crippen LogP contribution >= 0.6 is 0 Å². The highest BCUT2D eigenvalue weighted by molar-refractivity contribution is 5.97. The van der Waals surface area contributed by atoms with Crippen molar-refractivity contribution in [3.63, 3.8) is 0 Å². The molecule has 0 unspecified atom stereocenters. The molecule has 0 aliphatic heterocycles. The van der Waals surface area contributed by atoms with Crippen LogP contribution in [0.5, 0.6) is 0 Å². The molecule has 0 saturated carbocycles. The Labute approximate surface area is 118 Å². The van der Waals surface area contributed by atoms with E-state index in [1.165, 1.54) is 0 Å². The van der Waals surface area contributed by atoms with E-state index in [1.54, 1.807) is 6.20 Å². The molecule has 106 valence electrons. The lowest BCUT2D eigenvalue weighted by molar-refractivity contribution is 0.318. The summed E-state index contributed by atoms with van der Waals surface area (Å²) in [4.78, 5) is 6.45. The summed E-state index contributed by atoms with van der Waals surface area (Å²) in [6, 6.07) is 7.57. The molecule has 6 nitrogen and oxygen atoms in total.